The molecule has 0 aromatic heterocycles. The molecular weight excluding hydrogens is 306 g/mol. The van der Waals surface area contributed by atoms with Crippen LogP contribution in [0.1, 0.15) is 12.5 Å². The van der Waals surface area contributed by atoms with Crippen molar-refractivity contribution in [1.29, 1.82) is 0 Å². The van der Waals surface area contributed by atoms with Crippen molar-refractivity contribution in [3.05, 3.63) is 29.8 Å². The molecular formula is C15H21NO7. The highest BCUT2D eigenvalue weighted by Crippen LogP contribution is 2.23. The van der Waals surface area contributed by atoms with Crippen LogP contribution in [0, 0.1) is 0 Å². The average molecular weight is 327 g/mol. The Hall–Kier alpha value is -1.55. The summed E-state index contributed by atoms with van der Waals surface area (Å²) in [6.45, 7) is 0.958. The second kappa shape index (κ2) is 7.82. The molecule has 8 nitrogen and oxygen atoms in total. The van der Waals surface area contributed by atoms with E-state index in [9.17, 15) is 20.1 Å². The lowest BCUT2D eigenvalue weighted by Gasteiger charge is -2.39. The minimum absolute atomic E-state index is 0.0685. The van der Waals surface area contributed by atoms with Crippen molar-refractivity contribution in [2.45, 2.75) is 44.2 Å². The van der Waals surface area contributed by atoms with Crippen LogP contribution in [-0.2, 0) is 20.9 Å². The van der Waals surface area contributed by atoms with Crippen LogP contribution in [-0.4, -0.2) is 63.6 Å². The number of carbonyl (C=O) groups excluding carboxylic acids is 1. The van der Waals surface area contributed by atoms with Gasteiger partial charge in [-0.05, 0) is 17.7 Å². The van der Waals surface area contributed by atoms with Gasteiger partial charge in [0, 0.05) is 12.6 Å². The molecule has 5 N–H and O–H groups in total. The molecule has 2 rings (SSSR count). The van der Waals surface area contributed by atoms with Gasteiger partial charge < -0.3 is 35.2 Å². The summed E-state index contributed by atoms with van der Waals surface area (Å²) in [7, 11) is 0. The van der Waals surface area contributed by atoms with Crippen LogP contribution >= 0.6 is 0 Å². The molecule has 23 heavy (non-hydrogen) atoms. The second-order valence-corrected chi connectivity index (χ2v) is 5.38. The highest BCUT2D eigenvalue weighted by molar-refractivity contribution is 5.88. The molecule has 1 aromatic rings. The molecule has 128 valence electrons. The highest BCUT2D eigenvalue weighted by Gasteiger charge is 2.44. The minimum Gasteiger partial charge on any atom is -0.394 e. The van der Waals surface area contributed by atoms with Crippen LogP contribution < -0.4 is 5.32 Å². The fourth-order valence-corrected chi connectivity index (χ4v) is 2.33. The maximum absolute atomic E-state index is 10.9. The summed E-state index contributed by atoms with van der Waals surface area (Å²) in [6.07, 6.45) is -6.38. The van der Waals surface area contributed by atoms with Crippen molar-refractivity contribution in [3.63, 3.8) is 0 Å². The first kappa shape index (κ1) is 17.8. The topological polar surface area (TPSA) is 128 Å². The highest BCUT2D eigenvalue weighted by atomic mass is 16.7. The molecule has 0 spiro atoms. The van der Waals surface area contributed by atoms with Crippen LogP contribution in [0.3, 0.4) is 0 Å². The molecule has 5 atom stereocenters. The Balaban J connectivity index is 1.93. The predicted molar refractivity (Wildman–Crippen MR) is 79.3 cm³/mol. The first-order valence-corrected chi connectivity index (χ1v) is 7.21. The number of nitrogens with one attached hydrogen (secondary N) is 1. The fraction of sp³-hybridized carbons (Fsp3) is 0.533. The molecule has 0 aliphatic carbocycles. The van der Waals surface area contributed by atoms with E-state index in [0.29, 0.717) is 5.69 Å². The van der Waals surface area contributed by atoms with Crippen molar-refractivity contribution in [3.8, 4) is 0 Å². The van der Waals surface area contributed by atoms with Gasteiger partial charge in [0.25, 0.3) is 0 Å². The van der Waals surface area contributed by atoms with E-state index < -0.39 is 37.3 Å². The van der Waals surface area contributed by atoms with E-state index in [2.05, 4.69) is 5.32 Å². The summed E-state index contributed by atoms with van der Waals surface area (Å²) in [6, 6.07) is 6.84. The normalized spacial score (nSPS) is 30.9. The van der Waals surface area contributed by atoms with Crippen molar-refractivity contribution in [1.82, 2.24) is 0 Å². The Kier molecular flexibility index (Phi) is 6.05. The third-order valence-electron chi connectivity index (χ3n) is 3.56. The Bertz CT molecular complexity index is 521. The van der Waals surface area contributed by atoms with Crippen molar-refractivity contribution in [2.75, 3.05) is 11.9 Å². The molecule has 1 heterocycles. The van der Waals surface area contributed by atoms with Crippen molar-refractivity contribution >= 4 is 11.6 Å². The van der Waals surface area contributed by atoms with E-state index in [4.69, 9.17) is 14.6 Å². The zero-order chi connectivity index (χ0) is 17.0. The molecule has 1 aliphatic rings. The fourth-order valence-electron chi connectivity index (χ4n) is 2.33. The van der Waals surface area contributed by atoms with Gasteiger partial charge in [-0.15, -0.1) is 0 Å². The molecule has 1 amide bonds. The average Bonchev–Trinajstić information content (AvgIpc) is 2.51. The van der Waals surface area contributed by atoms with Crippen LogP contribution in [0.2, 0.25) is 0 Å². The van der Waals surface area contributed by atoms with Crippen LogP contribution in [0.4, 0.5) is 5.69 Å². The smallest absolute Gasteiger partial charge is 0.221 e. The number of hydrogen-bond acceptors (Lipinski definition) is 7. The Morgan fingerprint density at radius 1 is 1.22 bits per heavy atom. The van der Waals surface area contributed by atoms with E-state index in [0.717, 1.165) is 5.56 Å². The Morgan fingerprint density at radius 3 is 2.43 bits per heavy atom. The molecule has 8 heteroatoms. The minimum atomic E-state index is -1.45. The number of carbonyl (C=O) groups is 1. The van der Waals surface area contributed by atoms with Crippen LogP contribution in [0.15, 0.2) is 24.3 Å². The van der Waals surface area contributed by atoms with E-state index >= 15 is 0 Å². The summed E-state index contributed by atoms with van der Waals surface area (Å²) in [5.41, 5.74) is 1.39. The van der Waals surface area contributed by atoms with Crippen molar-refractivity contribution < 1.29 is 34.7 Å². The number of ether oxygens (including phenoxy) is 2. The van der Waals surface area contributed by atoms with Gasteiger partial charge in [-0.25, -0.2) is 0 Å². The Labute approximate surface area is 133 Å². The quantitative estimate of drug-likeness (QED) is 0.467. The predicted octanol–water partition coefficient (Wildman–Crippen LogP) is -1.04. The van der Waals surface area contributed by atoms with Gasteiger partial charge in [0.05, 0.1) is 13.2 Å². The van der Waals surface area contributed by atoms with Gasteiger partial charge in [-0.3, -0.25) is 4.79 Å². The number of aliphatic hydroxyl groups is 4. The van der Waals surface area contributed by atoms with E-state index in [1.54, 1.807) is 24.3 Å². The third-order valence-corrected chi connectivity index (χ3v) is 3.56. The summed E-state index contributed by atoms with van der Waals surface area (Å²) in [4.78, 5) is 10.9. The lowest BCUT2D eigenvalue weighted by atomic mass is 9.99. The summed E-state index contributed by atoms with van der Waals surface area (Å²) in [5, 5.41) is 41.2. The number of benzene rings is 1. The van der Waals surface area contributed by atoms with Gasteiger partial charge in [0.15, 0.2) is 6.29 Å². The summed E-state index contributed by atoms with van der Waals surface area (Å²) < 4.78 is 10.4. The molecule has 0 bridgehead atoms. The molecule has 1 fully saturated rings. The first-order chi connectivity index (χ1) is 10.9. The number of amides is 1. The summed E-state index contributed by atoms with van der Waals surface area (Å²) >= 11 is 0. The van der Waals surface area contributed by atoms with Gasteiger partial charge >= 0.3 is 0 Å². The third kappa shape index (κ3) is 4.47. The van der Waals surface area contributed by atoms with E-state index in [-0.39, 0.29) is 12.5 Å². The number of hydrogen-bond donors (Lipinski definition) is 5. The lowest BCUT2D eigenvalue weighted by molar-refractivity contribution is -0.298. The van der Waals surface area contributed by atoms with Crippen LogP contribution in [0.25, 0.3) is 0 Å². The molecule has 1 aliphatic heterocycles. The van der Waals surface area contributed by atoms with Crippen molar-refractivity contribution in [2.24, 2.45) is 0 Å². The maximum Gasteiger partial charge on any atom is 0.221 e. The SMILES string of the molecule is CC(=O)Nc1ccc(CO[C@H]2[C@@H](O)[C@H](O)[C@@H](CO)O[C@@H]2O)cc1. The van der Waals surface area contributed by atoms with Crippen LogP contribution in [0.5, 0.6) is 0 Å². The van der Waals surface area contributed by atoms with Gasteiger partial charge in [-0.2, -0.15) is 0 Å². The second-order valence-electron chi connectivity index (χ2n) is 5.38. The largest absolute Gasteiger partial charge is 0.394 e. The monoisotopic (exact) mass is 327 g/mol. The molecule has 0 saturated carbocycles. The molecule has 0 unspecified atom stereocenters. The zero-order valence-electron chi connectivity index (χ0n) is 12.6. The number of anilines is 1. The van der Waals surface area contributed by atoms with E-state index in [1.807, 2.05) is 0 Å². The number of rotatable bonds is 5. The molecule has 1 saturated heterocycles. The van der Waals surface area contributed by atoms with Gasteiger partial charge in [0.1, 0.15) is 24.4 Å². The zero-order valence-corrected chi connectivity index (χ0v) is 12.6. The lowest BCUT2D eigenvalue weighted by Crippen LogP contribution is -2.59. The maximum atomic E-state index is 10.9. The molecule has 1 aromatic carbocycles. The van der Waals surface area contributed by atoms with E-state index in [1.165, 1.54) is 6.92 Å². The van der Waals surface area contributed by atoms with Gasteiger partial charge in [0.2, 0.25) is 5.91 Å². The summed E-state index contributed by atoms with van der Waals surface area (Å²) in [5.74, 6) is -0.174. The van der Waals surface area contributed by atoms with Gasteiger partial charge in [-0.1, -0.05) is 12.1 Å². The number of aliphatic hydroxyl groups excluding tert-OH is 4. The standard InChI is InChI=1S/C15H21NO7/c1-8(18)16-10-4-2-9(3-5-10)7-22-14-13(20)12(19)11(6-17)23-15(14)21/h2-5,11-15,17,19-21H,6-7H2,1H3,(H,16,18)/t11-,12-,13+,14+,15+/m1/s1. The molecule has 0 radical (unpaired) electrons. The first-order valence-electron chi connectivity index (χ1n) is 7.21. The Morgan fingerprint density at radius 2 is 1.87 bits per heavy atom.